The molecule has 2 heterocycles. The van der Waals surface area contributed by atoms with Gasteiger partial charge in [0.2, 0.25) is 16.6 Å². The van der Waals surface area contributed by atoms with E-state index in [-0.39, 0.29) is 0 Å². The van der Waals surface area contributed by atoms with Crippen molar-refractivity contribution < 1.29 is 36.7 Å². The molecule has 0 aliphatic carbocycles. The van der Waals surface area contributed by atoms with Crippen LogP contribution < -0.4 is 5.14 Å². The molecular weight excluding hydrogens is 440 g/mol. The zero-order chi connectivity index (χ0) is 23.6. The summed E-state index contributed by atoms with van der Waals surface area (Å²) in [6.45, 7) is 2.97. The number of primary sulfonamides is 1. The van der Waals surface area contributed by atoms with Crippen LogP contribution in [0.1, 0.15) is 42.7 Å². The molecule has 0 radical (unpaired) electrons. The number of Topliss-reactive ketones (excluding diaryl/α,β-unsaturated/α-hetero) is 1. The first-order valence-corrected chi connectivity index (χ1v) is 10.8. The summed E-state index contributed by atoms with van der Waals surface area (Å²) in [4.78, 5) is 36.3. The maximum absolute atomic E-state index is 12.6. The number of hydrogen-bond acceptors (Lipinski definition) is 8. The van der Waals surface area contributed by atoms with Gasteiger partial charge in [0.25, 0.3) is 10.0 Å². The predicted molar refractivity (Wildman–Crippen MR) is 111 cm³/mol. The van der Waals surface area contributed by atoms with Crippen LogP contribution in [0.5, 0.6) is 0 Å². The Morgan fingerprint density at radius 2 is 1.69 bits per heavy atom. The van der Waals surface area contributed by atoms with Gasteiger partial charge in [0.1, 0.15) is 0 Å². The topological polar surface area (TPSA) is 148 Å². The van der Waals surface area contributed by atoms with Gasteiger partial charge >= 0.3 is 11.9 Å². The molecule has 1 aromatic carbocycles. The second-order valence-corrected chi connectivity index (χ2v) is 8.31. The minimum absolute atomic E-state index is 0.344. The molecule has 11 heteroatoms. The third-order valence-corrected chi connectivity index (χ3v) is 5.46. The Bertz CT molecular complexity index is 1300. The summed E-state index contributed by atoms with van der Waals surface area (Å²) < 4.78 is 38.8. The summed E-state index contributed by atoms with van der Waals surface area (Å²) >= 11 is 0. The Morgan fingerprint density at radius 1 is 1.03 bits per heavy atom. The summed E-state index contributed by atoms with van der Waals surface area (Å²) in [7, 11) is -2.80. The van der Waals surface area contributed by atoms with Crippen molar-refractivity contribution >= 4 is 27.7 Å². The summed E-state index contributed by atoms with van der Waals surface area (Å²) in [5.41, 5.74) is 2.84. The van der Waals surface area contributed by atoms with E-state index < -0.39 is 45.2 Å². The molecule has 32 heavy (non-hydrogen) atoms. The van der Waals surface area contributed by atoms with Gasteiger partial charge in [-0.25, -0.2) is 23.1 Å². The van der Waals surface area contributed by atoms with Crippen molar-refractivity contribution in [3.05, 3.63) is 70.7 Å². The van der Waals surface area contributed by atoms with Gasteiger partial charge in [0.05, 0.1) is 12.7 Å². The van der Waals surface area contributed by atoms with Crippen LogP contribution in [-0.4, -0.2) is 44.4 Å². The first-order chi connectivity index (χ1) is 15.0. The highest BCUT2D eigenvalue weighted by molar-refractivity contribution is 7.89. The maximum atomic E-state index is 12.6. The van der Waals surface area contributed by atoms with Gasteiger partial charge < -0.3 is 18.5 Å². The highest BCUT2D eigenvalue weighted by atomic mass is 32.2. The fourth-order valence-electron chi connectivity index (χ4n) is 3.17. The number of ketones is 1. The molecule has 0 saturated heterocycles. The largest absolute Gasteiger partial charge is 0.465 e. The van der Waals surface area contributed by atoms with Crippen molar-refractivity contribution in [2.45, 2.75) is 18.9 Å². The van der Waals surface area contributed by atoms with Crippen LogP contribution in [0.15, 0.2) is 52.0 Å². The molecule has 0 fully saturated rings. The summed E-state index contributed by atoms with van der Waals surface area (Å²) in [5.74, 6) is -2.30. The SMILES string of the molecule is COC(=O)c1ccc(-n2c(C)cc(C(=O)COC(=O)c3ccc(S(N)(=O)=O)o3)c2C)cc1. The molecule has 0 spiro atoms. The van der Waals surface area contributed by atoms with Gasteiger partial charge in [0.15, 0.2) is 6.61 Å². The molecule has 0 aliphatic heterocycles. The van der Waals surface area contributed by atoms with E-state index in [1.54, 1.807) is 37.3 Å². The second kappa shape index (κ2) is 8.81. The van der Waals surface area contributed by atoms with Crippen LogP contribution in [0.3, 0.4) is 0 Å². The molecule has 0 aliphatic rings. The number of carbonyl (C=O) groups is 3. The lowest BCUT2D eigenvalue weighted by Crippen LogP contribution is -2.15. The Hall–Kier alpha value is -3.70. The Labute approximate surface area is 183 Å². The number of esters is 2. The van der Waals surface area contributed by atoms with Crippen molar-refractivity contribution in [1.82, 2.24) is 4.57 Å². The molecule has 10 nitrogen and oxygen atoms in total. The number of aryl methyl sites for hydroxylation is 1. The number of ether oxygens (including phenoxy) is 2. The lowest BCUT2D eigenvalue weighted by molar-refractivity contribution is 0.0438. The maximum Gasteiger partial charge on any atom is 0.374 e. The van der Waals surface area contributed by atoms with E-state index in [4.69, 9.17) is 14.3 Å². The molecule has 168 valence electrons. The van der Waals surface area contributed by atoms with Crippen molar-refractivity contribution in [3.63, 3.8) is 0 Å². The molecule has 2 N–H and O–H groups in total. The molecule has 3 aromatic rings. The zero-order valence-electron chi connectivity index (χ0n) is 17.4. The summed E-state index contributed by atoms with van der Waals surface area (Å²) in [5, 5.41) is 4.34. The van der Waals surface area contributed by atoms with Gasteiger partial charge in [-0.05, 0) is 56.3 Å². The lowest BCUT2D eigenvalue weighted by atomic mass is 10.1. The third kappa shape index (κ3) is 4.63. The first-order valence-electron chi connectivity index (χ1n) is 9.23. The van der Waals surface area contributed by atoms with Crippen molar-refractivity contribution in [2.75, 3.05) is 13.7 Å². The van der Waals surface area contributed by atoms with Crippen molar-refractivity contribution in [1.29, 1.82) is 0 Å². The number of furan rings is 1. The van der Waals surface area contributed by atoms with Gasteiger partial charge in [-0.15, -0.1) is 0 Å². The Morgan fingerprint density at radius 3 is 2.25 bits per heavy atom. The number of hydrogen-bond donors (Lipinski definition) is 1. The monoisotopic (exact) mass is 460 g/mol. The number of carbonyl (C=O) groups excluding carboxylic acids is 3. The fourth-order valence-corrected chi connectivity index (χ4v) is 3.63. The number of nitrogens with zero attached hydrogens (tertiary/aromatic N) is 1. The first kappa shape index (κ1) is 23.0. The lowest BCUT2D eigenvalue weighted by Gasteiger charge is -2.10. The van der Waals surface area contributed by atoms with E-state index in [1.807, 2.05) is 11.5 Å². The second-order valence-electron chi connectivity index (χ2n) is 6.82. The Balaban J connectivity index is 1.75. The van der Waals surface area contributed by atoms with Crippen LogP contribution in [0.4, 0.5) is 0 Å². The van der Waals surface area contributed by atoms with Crippen LogP contribution in [0.2, 0.25) is 0 Å². The molecule has 0 amide bonds. The summed E-state index contributed by atoms with van der Waals surface area (Å²) in [6, 6.07) is 10.4. The number of sulfonamides is 1. The highest BCUT2D eigenvalue weighted by Gasteiger charge is 2.22. The standard InChI is InChI=1S/C21H20N2O8S/c1-12-10-16(13(2)23(12)15-6-4-14(5-7-15)20(25)29-3)17(24)11-30-21(26)18-8-9-19(31-18)32(22,27)28/h4-10H,11H2,1-3H3,(H2,22,27,28). The van der Waals surface area contributed by atoms with E-state index >= 15 is 0 Å². The summed E-state index contributed by atoms with van der Waals surface area (Å²) in [6.07, 6.45) is 0. The minimum Gasteiger partial charge on any atom is -0.465 e. The van der Waals surface area contributed by atoms with E-state index in [0.717, 1.165) is 23.5 Å². The minimum atomic E-state index is -4.10. The average molecular weight is 460 g/mol. The van der Waals surface area contributed by atoms with E-state index in [2.05, 4.69) is 4.74 Å². The van der Waals surface area contributed by atoms with Crippen LogP contribution in [0, 0.1) is 13.8 Å². The van der Waals surface area contributed by atoms with Gasteiger partial charge in [-0.3, -0.25) is 4.79 Å². The van der Waals surface area contributed by atoms with Crippen LogP contribution >= 0.6 is 0 Å². The van der Waals surface area contributed by atoms with Crippen molar-refractivity contribution in [2.24, 2.45) is 5.14 Å². The van der Waals surface area contributed by atoms with Crippen LogP contribution in [-0.2, 0) is 19.5 Å². The molecule has 2 aromatic heterocycles. The quantitative estimate of drug-likeness (QED) is 0.417. The van der Waals surface area contributed by atoms with E-state index in [0.29, 0.717) is 16.8 Å². The third-order valence-electron chi connectivity index (χ3n) is 4.68. The molecule has 3 rings (SSSR count). The molecule has 0 unspecified atom stereocenters. The van der Waals surface area contributed by atoms with Crippen LogP contribution in [0.25, 0.3) is 5.69 Å². The molecule has 0 bridgehead atoms. The molecule has 0 saturated carbocycles. The number of benzene rings is 1. The van der Waals surface area contributed by atoms with Gasteiger partial charge in [-0.2, -0.15) is 0 Å². The number of methoxy groups -OCH3 is 1. The highest BCUT2D eigenvalue weighted by Crippen LogP contribution is 2.22. The van der Waals surface area contributed by atoms with Crippen molar-refractivity contribution in [3.8, 4) is 5.69 Å². The fraction of sp³-hybridized carbons (Fsp3) is 0.190. The Kier molecular flexibility index (Phi) is 6.32. The van der Waals surface area contributed by atoms with E-state index in [1.165, 1.54) is 7.11 Å². The number of aromatic nitrogens is 1. The zero-order valence-corrected chi connectivity index (χ0v) is 18.3. The number of nitrogens with two attached hydrogens (primary N) is 1. The van der Waals surface area contributed by atoms with Gasteiger partial charge in [0, 0.05) is 22.6 Å². The van der Waals surface area contributed by atoms with E-state index in [9.17, 15) is 22.8 Å². The molecular formula is C21H20N2O8S. The van der Waals surface area contributed by atoms with Gasteiger partial charge in [-0.1, -0.05) is 0 Å². The smallest absolute Gasteiger partial charge is 0.374 e. The molecule has 0 atom stereocenters. The average Bonchev–Trinajstić information content (AvgIpc) is 3.36. The predicted octanol–water partition coefficient (Wildman–Crippen LogP) is 2.16. The number of rotatable bonds is 7. The normalized spacial score (nSPS) is 11.2.